The van der Waals surface area contributed by atoms with Crippen LogP contribution in [-0.4, -0.2) is 33.1 Å². The predicted octanol–water partition coefficient (Wildman–Crippen LogP) is 0.568. The summed E-state index contributed by atoms with van der Waals surface area (Å²) in [5, 5.41) is 2.95. The first-order chi connectivity index (χ1) is 6.83. The fraction of sp³-hybridized carbons (Fsp3) is 1.00. The molecule has 0 aromatic heterocycles. The number of piperidine rings is 1. The monoisotopic (exact) mass is 246 g/mol. The van der Waals surface area contributed by atoms with E-state index >= 15 is 0 Å². The molecule has 1 aliphatic heterocycles. The van der Waals surface area contributed by atoms with Crippen LogP contribution in [0.4, 0.5) is 13.2 Å². The Morgan fingerprint density at radius 2 is 2.00 bits per heavy atom. The van der Waals surface area contributed by atoms with Crippen LogP contribution in [0.1, 0.15) is 19.3 Å². The summed E-state index contributed by atoms with van der Waals surface area (Å²) in [6.45, 7) is 0.514. The molecule has 90 valence electrons. The third kappa shape index (κ3) is 3.62. The molecule has 0 amide bonds. The van der Waals surface area contributed by atoms with Crippen LogP contribution >= 0.6 is 0 Å². The van der Waals surface area contributed by atoms with Crippen molar-refractivity contribution in [2.75, 3.05) is 13.1 Å². The molecule has 1 fully saturated rings. The van der Waals surface area contributed by atoms with Gasteiger partial charge in [-0.05, 0) is 19.4 Å². The third-order valence-corrected chi connectivity index (χ3v) is 3.39. The summed E-state index contributed by atoms with van der Waals surface area (Å²) in [4.78, 5) is 0. The summed E-state index contributed by atoms with van der Waals surface area (Å²) < 4.78 is 58.6. The van der Waals surface area contributed by atoms with E-state index in [-0.39, 0.29) is 12.6 Å². The van der Waals surface area contributed by atoms with Crippen molar-refractivity contribution in [3.63, 3.8) is 0 Å². The Kier molecular flexibility index (Phi) is 3.96. The van der Waals surface area contributed by atoms with Crippen LogP contribution < -0.4 is 10.0 Å². The van der Waals surface area contributed by atoms with Crippen LogP contribution in [0.5, 0.6) is 0 Å². The molecule has 0 radical (unpaired) electrons. The van der Waals surface area contributed by atoms with E-state index in [4.69, 9.17) is 0 Å². The lowest BCUT2D eigenvalue weighted by molar-refractivity contribution is -0.0448. The second-order valence-corrected chi connectivity index (χ2v) is 5.20. The Morgan fingerprint density at radius 3 is 2.47 bits per heavy atom. The first kappa shape index (κ1) is 12.7. The van der Waals surface area contributed by atoms with E-state index in [0.29, 0.717) is 6.42 Å². The van der Waals surface area contributed by atoms with Crippen molar-refractivity contribution in [1.82, 2.24) is 10.0 Å². The Balaban J connectivity index is 2.42. The summed E-state index contributed by atoms with van der Waals surface area (Å²) in [7, 11) is -5.19. The highest BCUT2D eigenvalue weighted by atomic mass is 32.2. The minimum Gasteiger partial charge on any atom is -0.313 e. The minimum atomic E-state index is -5.22. The second-order valence-electron chi connectivity index (χ2n) is 3.44. The molecule has 1 heterocycles. The van der Waals surface area contributed by atoms with Gasteiger partial charge < -0.3 is 5.32 Å². The van der Waals surface area contributed by atoms with Gasteiger partial charge in [0.1, 0.15) is 0 Å². The highest BCUT2D eigenvalue weighted by Gasteiger charge is 2.45. The smallest absolute Gasteiger partial charge is 0.313 e. The Hall–Kier alpha value is -0.340. The van der Waals surface area contributed by atoms with Crippen molar-refractivity contribution in [2.45, 2.75) is 30.8 Å². The number of alkyl halides is 3. The zero-order chi connectivity index (χ0) is 11.5. The van der Waals surface area contributed by atoms with Crippen LogP contribution in [0.15, 0.2) is 0 Å². The predicted molar refractivity (Wildman–Crippen MR) is 48.6 cm³/mol. The van der Waals surface area contributed by atoms with Crippen molar-refractivity contribution < 1.29 is 21.6 Å². The van der Waals surface area contributed by atoms with E-state index in [2.05, 4.69) is 5.32 Å². The van der Waals surface area contributed by atoms with Gasteiger partial charge in [-0.2, -0.15) is 13.2 Å². The summed E-state index contributed by atoms with van der Waals surface area (Å²) in [5.41, 5.74) is -5.22. The molecular formula is C7H13F3N2O2S. The largest absolute Gasteiger partial charge is 0.511 e. The zero-order valence-electron chi connectivity index (χ0n) is 7.97. The molecule has 1 atom stereocenters. The van der Waals surface area contributed by atoms with Gasteiger partial charge in [-0.1, -0.05) is 6.42 Å². The number of sulfonamides is 1. The molecule has 0 aromatic rings. The molecule has 1 rings (SSSR count). The molecule has 15 heavy (non-hydrogen) atoms. The molecule has 0 saturated carbocycles. The molecule has 1 unspecified atom stereocenters. The lowest BCUT2D eigenvalue weighted by atomic mass is 10.1. The molecule has 0 spiro atoms. The standard InChI is InChI=1S/C7H13F3N2O2S/c8-7(9,10)15(13,14)12-5-6-3-1-2-4-11-6/h6,11-12H,1-5H2. The highest BCUT2D eigenvalue weighted by Crippen LogP contribution is 2.21. The fourth-order valence-electron chi connectivity index (χ4n) is 1.39. The average molecular weight is 246 g/mol. The number of rotatable bonds is 3. The molecule has 0 aromatic carbocycles. The molecule has 4 nitrogen and oxygen atoms in total. The molecule has 0 bridgehead atoms. The molecule has 0 aliphatic carbocycles. The van der Waals surface area contributed by atoms with Crippen LogP contribution in [-0.2, 0) is 10.0 Å². The zero-order valence-corrected chi connectivity index (χ0v) is 8.79. The molecule has 8 heteroatoms. The van der Waals surface area contributed by atoms with Crippen LogP contribution in [0.2, 0.25) is 0 Å². The van der Waals surface area contributed by atoms with E-state index in [1.165, 1.54) is 0 Å². The first-order valence-corrected chi connectivity index (χ1v) is 6.10. The normalized spacial score (nSPS) is 24.1. The van der Waals surface area contributed by atoms with Gasteiger partial charge in [0.15, 0.2) is 0 Å². The quantitative estimate of drug-likeness (QED) is 0.765. The van der Waals surface area contributed by atoms with Crippen LogP contribution in [0.3, 0.4) is 0 Å². The first-order valence-electron chi connectivity index (χ1n) is 4.62. The van der Waals surface area contributed by atoms with Gasteiger partial charge in [0.25, 0.3) is 0 Å². The minimum absolute atomic E-state index is 0.198. The molecular weight excluding hydrogens is 233 g/mol. The van der Waals surface area contributed by atoms with E-state index in [0.717, 1.165) is 19.4 Å². The lowest BCUT2D eigenvalue weighted by Gasteiger charge is -2.23. The maximum Gasteiger partial charge on any atom is 0.511 e. The summed E-state index contributed by atoms with van der Waals surface area (Å²) in [5.74, 6) is 0. The number of hydrogen-bond donors (Lipinski definition) is 2. The van der Waals surface area contributed by atoms with Crippen molar-refractivity contribution in [1.29, 1.82) is 0 Å². The molecule has 1 aliphatic rings. The Bertz CT molecular complexity index is 296. The van der Waals surface area contributed by atoms with E-state index in [9.17, 15) is 21.6 Å². The van der Waals surface area contributed by atoms with Crippen LogP contribution in [0, 0.1) is 0 Å². The highest BCUT2D eigenvalue weighted by molar-refractivity contribution is 7.90. The third-order valence-electron chi connectivity index (χ3n) is 2.24. The lowest BCUT2D eigenvalue weighted by Crippen LogP contribution is -2.46. The van der Waals surface area contributed by atoms with Crippen LogP contribution in [0.25, 0.3) is 0 Å². The second kappa shape index (κ2) is 4.67. The Labute approximate surface area is 86.3 Å². The molecule has 2 N–H and O–H groups in total. The van der Waals surface area contributed by atoms with Gasteiger partial charge in [-0.3, -0.25) is 0 Å². The van der Waals surface area contributed by atoms with Gasteiger partial charge in [0, 0.05) is 12.6 Å². The van der Waals surface area contributed by atoms with E-state index < -0.39 is 15.5 Å². The average Bonchev–Trinajstić information content (AvgIpc) is 2.15. The fourth-order valence-corrected chi connectivity index (χ4v) is 1.97. The van der Waals surface area contributed by atoms with Gasteiger partial charge >= 0.3 is 15.5 Å². The topological polar surface area (TPSA) is 58.2 Å². The summed E-state index contributed by atoms with van der Waals surface area (Å²) in [6, 6.07) is -0.198. The number of nitrogens with one attached hydrogen (secondary N) is 2. The summed E-state index contributed by atoms with van der Waals surface area (Å²) >= 11 is 0. The maximum absolute atomic E-state index is 11.9. The number of hydrogen-bond acceptors (Lipinski definition) is 3. The van der Waals surface area contributed by atoms with Crippen molar-refractivity contribution in [2.24, 2.45) is 0 Å². The van der Waals surface area contributed by atoms with Gasteiger partial charge in [0.05, 0.1) is 0 Å². The van der Waals surface area contributed by atoms with E-state index in [1.54, 1.807) is 4.72 Å². The van der Waals surface area contributed by atoms with Gasteiger partial charge in [-0.15, -0.1) is 0 Å². The van der Waals surface area contributed by atoms with Gasteiger partial charge in [-0.25, -0.2) is 13.1 Å². The Morgan fingerprint density at radius 1 is 1.33 bits per heavy atom. The van der Waals surface area contributed by atoms with Crippen molar-refractivity contribution in [3.8, 4) is 0 Å². The van der Waals surface area contributed by atoms with Crippen molar-refractivity contribution in [3.05, 3.63) is 0 Å². The molecule has 1 saturated heterocycles. The summed E-state index contributed by atoms with van der Waals surface area (Å²) in [6.07, 6.45) is 2.58. The SMILES string of the molecule is O=S(=O)(NCC1CCCCN1)C(F)(F)F. The van der Waals surface area contributed by atoms with Gasteiger partial charge in [0.2, 0.25) is 0 Å². The number of halogens is 3. The van der Waals surface area contributed by atoms with Crippen molar-refractivity contribution >= 4 is 10.0 Å². The maximum atomic E-state index is 11.9. The van der Waals surface area contributed by atoms with E-state index in [1.807, 2.05) is 0 Å².